The molecule has 134 valence electrons. The van der Waals surface area contributed by atoms with Crippen LogP contribution in [0.5, 0.6) is 0 Å². The van der Waals surface area contributed by atoms with Crippen molar-refractivity contribution in [1.82, 2.24) is 10.6 Å². The monoisotopic (exact) mass is 334 g/mol. The van der Waals surface area contributed by atoms with Gasteiger partial charge in [0.05, 0.1) is 0 Å². The van der Waals surface area contributed by atoms with E-state index in [2.05, 4.69) is 15.6 Å². The molecule has 0 spiro atoms. The number of hydrogen-bond acceptors (Lipinski definition) is 3. The highest BCUT2D eigenvalue weighted by molar-refractivity contribution is 5.89. The van der Waals surface area contributed by atoms with Crippen molar-refractivity contribution in [2.24, 2.45) is 16.6 Å². The number of carbonyl (C=O) groups excluding carboxylic acids is 1. The maximum absolute atomic E-state index is 11.0. The van der Waals surface area contributed by atoms with Crippen LogP contribution < -0.4 is 16.4 Å². The Balaban J connectivity index is 1.74. The van der Waals surface area contributed by atoms with Crippen LogP contribution in [-0.4, -0.2) is 25.0 Å². The number of amides is 1. The van der Waals surface area contributed by atoms with E-state index in [4.69, 9.17) is 10.2 Å². The Labute approximate surface area is 144 Å². The van der Waals surface area contributed by atoms with Gasteiger partial charge in [-0.3, -0.25) is 4.79 Å². The number of carbonyl (C=O) groups is 1. The molecule has 1 heterocycles. The fourth-order valence-corrected chi connectivity index (χ4v) is 3.17. The zero-order valence-corrected chi connectivity index (χ0v) is 14.6. The van der Waals surface area contributed by atoms with E-state index in [9.17, 15) is 4.79 Å². The van der Waals surface area contributed by atoms with E-state index in [0.717, 1.165) is 25.0 Å². The average Bonchev–Trinajstić information content (AvgIpc) is 3.06. The molecule has 1 aromatic heterocycles. The number of guanidine groups is 1. The van der Waals surface area contributed by atoms with Crippen molar-refractivity contribution in [3.63, 3.8) is 0 Å². The molecule has 0 aliphatic heterocycles. The molecule has 24 heavy (non-hydrogen) atoms. The smallest absolute Gasteiger partial charge is 0.284 e. The van der Waals surface area contributed by atoms with Crippen molar-refractivity contribution in [3.8, 4) is 0 Å². The quantitative estimate of drug-likeness (QED) is 0.387. The fraction of sp³-hybridized carbons (Fsp3) is 0.667. The Morgan fingerprint density at radius 3 is 2.75 bits per heavy atom. The van der Waals surface area contributed by atoms with Crippen molar-refractivity contribution in [3.05, 3.63) is 23.7 Å². The second-order valence-corrected chi connectivity index (χ2v) is 6.40. The van der Waals surface area contributed by atoms with Gasteiger partial charge in [0.15, 0.2) is 11.7 Å². The summed E-state index contributed by atoms with van der Waals surface area (Å²) in [5, 5.41) is 6.59. The molecule has 0 atom stereocenters. The summed E-state index contributed by atoms with van der Waals surface area (Å²) in [5.74, 6) is 1.93. The summed E-state index contributed by atoms with van der Waals surface area (Å²) >= 11 is 0. The first-order valence-corrected chi connectivity index (χ1v) is 9.09. The maximum atomic E-state index is 11.0. The van der Waals surface area contributed by atoms with E-state index in [1.54, 1.807) is 12.1 Å². The van der Waals surface area contributed by atoms with Crippen LogP contribution in [0.25, 0.3) is 0 Å². The highest BCUT2D eigenvalue weighted by Gasteiger charge is 2.12. The zero-order valence-electron chi connectivity index (χ0n) is 14.6. The van der Waals surface area contributed by atoms with Crippen LogP contribution in [0.2, 0.25) is 0 Å². The van der Waals surface area contributed by atoms with Crippen LogP contribution in [0.1, 0.15) is 68.2 Å². The molecule has 1 aromatic rings. The Morgan fingerprint density at radius 1 is 1.29 bits per heavy atom. The molecule has 0 bridgehead atoms. The molecule has 0 unspecified atom stereocenters. The van der Waals surface area contributed by atoms with Gasteiger partial charge in [-0.05, 0) is 37.8 Å². The van der Waals surface area contributed by atoms with Gasteiger partial charge in [-0.15, -0.1) is 0 Å². The van der Waals surface area contributed by atoms with Crippen LogP contribution in [-0.2, 0) is 6.54 Å². The average molecular weight is 334 g/mol. The minimum absolute atomic E-state index is 0.172. The number of rotatable bonds is 8. The second kappa shape index (κ2) is 10.0. The molecule has 2 rings (SSSR count). The van der Waals surface area contributed by atoms with Gasteiger partial charge in [-0.25, -0.2) is 4.99 Å². The molecule has 6 nitrogen and oxygen atoms in total. The number of nitrogens with zero attached hydrogens (tertiary/aromatic N) is 1. The number of hydrogen-bond donors (Lipinski definition) is 3. The number of furan rings is 1. The lowest BCUT2D eigenvalue weighted by Gasteiger charge is -2.21. The van der Waals surface area contributed by atoms with Crippen LogP contribution in [0.4, 0.5) is 0 Å². The van der Waals surface area contributed by atoms with Crippen LogP contribution in [0, 0.1) is 5.92 Å². The first kappa shape index (κ1) is 18.4. The van der Waals surface area contributed by atoms with Gasteiger partial charge >= 0.3 is 0 Å². The summed E-state index contributed by atoms with van der Waals surface area (Å²) in [4.78, 5) is 15.5. The molecule has 0 radical (unpaired) electrons. The Kier molecular flexibility index (Phi) is 7.65. The molecule has 1 saturated carbocycles. The molecule has 1 fully saturated rings. The largest absolute Gasteiger partial charge is 0.454 e. The minimum Gasteiger partial charge on any atom is -0.454 e. The molecule has 0 saturated heterocycles. The molecular weight excluding hydrogens is 304 g/mol. The third-order valence-electron chi connectivity index (χ3n) is 4.45. The predicted octanol–water partition coefficient (Wildman–Crippen LogP) is 2.79. The van der Waals surface area contributed by atoms with Crippen molar-refractivity contribution in [2.75, 3.05) is 13.1 Å². The van der Waals surface area contributed by atoms with Gasteiger partial charge in [-0.2, -0.15) is 0 Å². The SMILES string of the molecule is CCNC(=NCc1ccc(C(N)=O)o1)NCCCC1CCCCC1. The normalized spacial score (nSPS) is 16.1. The van der Waals surface area contributed by atoms with E-state index in [1.807, 2.05) is 6.92 Å². The molecule has 4 N–H and O–H groups in total. The summed E-state index contributed by atoms with van der Waals surface area (Å²) in [6, 6.07) is 3.31. The van der Waals surface area contributed by atoms with Gasteiger partial charge in [0.2, 0.25) is 0 Å². The Bertz CT molecular complexity index is 533. The summed E-state index contributed by atoms with van der Waals surface area (Å²) in [6.07, 6.45) is 9.48. The van der Waals surface area contributed by atoms with Gasteiger partial charge in [0.1, 0.15) is 12.3 Å². The first-order chi connectivity index (χ1) is 11.7. The Hall–Kier alpha value is -1.98. The summed E-state index contributed by atoms with van der Waals surface area (Å²) in [5.41, 5.74) is 5.18. The molecular formula is C18H30N4O2. The number of nitrogens with two attached hydrogens (primary N) is 1. The van der Waals surface area contributed by atoms with Gasteiger partial charge in [0.25, 0.3) is 5.91 Å². The van der Waals surface area contributed by atoms with E-state index in [0.29, 0.717) is 12.3 Å². The van der Waals surface area contributed by atoms with Crippen LogP contribution in [0.3, 0.4) is 0 Å². The zero-order chi connectivity index (χ0) is 17.2. The maximum Gasteiger partial charge on any atom is 0.284 e. The summed E-state index contributed by atoms with van der Waals surface area (Å²) < 4.78 is 5.34. The third kappa shape index (κ3) is 6.26. The standard InChI is InChI=1S/C18H30N4O2/c1-2-20-18(21-12-6-9-14-7-4-3-5-8-14)22-13-15-10-11-16(24-15)17(19)23/h10-11,14H,2-9,12-13H2,1H3,(H2,19,23)(H2,20,21,22). The Morgan fingerprint density at radius 2 is 2.08 bits per heavy atom. The first-order valence-electron chi connectivity index (χ1n) is 9.09. The van der Waals surface area contributed by atoms with Crippen molar-refractivity contribution in [2.45, 2.75) is 58.4 Å². The molecule has 6 heteroatoms. The van der Waals surface area contributed by atoms with E-state index in [-0.39, 0.29) is 5.76 Å². The number of nitrogens with one attached hydrogen (secondary N) is 2. The summed E-state index contributed by atoms with van der Waals surface area (Å²) in [7, 11) is 0. The van der Waals surface area contributed by atoms with E-state index >= 15 is 0 Å². The van der Waals surface area contributed by atoms with Crippen molar-refractivity contribution in [1.29, 1.82) is 0 Å². The van der Waals surface area contributed by atoms with Gasteiger partial charge in [-0.1, -0.05) is 32.1 Å². The van der Waals surface area contributed by atoms with Gasteiger partial charge < -0.3 is 20.8 Å². The molecule has 1 amide bonds. The number of primary amides is 1. The minimum atomic E-state index is -0.557. The highest BCUT2D eigenvalue weighted by Crippen LogP contribution is 2.26. The molecule has 1 aliphatic carbocycles. The topological polar surface area (TPSA) is 92.6 Å². The van der Waals surface area contributed by atoms with Crippen LogP contribution >= 0.6 is 0 Å². The van der Waals surface area contributed by atoms with E-state index < -0.39 is 5.91 Å². The highest BCUT2D eigenvalue weighted by atomic mass is 16.3. The molecule has 0 aromatic carbocycles. The predicted molar refractivity (Wildman–Crippen MR) is 95.9 cm³/mol. The van der Waals surface area contributed by atoms with Crippen LogP contribution in [0.15, 0.2) is 21.5 Å². The van der Waals surface area contributed by atoms with Crippen molar-refractivity contribution >= 4 is 11.9 Å². The van der Waals surface area contributed by atoms with E-state index in [1.165, 1.54) is 44.9 Å². The fourth-order valence-electron chi connectivity index (χ4n) is 3.17. The van der Waals surface area contributed by atoms with Crippen molar-refractivity contribution < 1.29 is 9.21 Å². The third-order valence-corrected chi connectivity index (χ3v) is 4.45. The lowest BCUT2D eigenvalue weighted by Crippen LogP contribution is -2.37. The molecule has 1 aliphatic rings. The lowest BCUT2D eigenvalue weighted by molar-refractivity contribution is 0.0972. The number of aliphatic imine (C=N–C) groups is 1. The van der Waals surface area contributed by atoms with Gasteiger partial charge in [0, 0.05) is 13.1 Å². The second-order valence-electron chi connectivity index (χ2n) is 6.40. The lowest BCUT2D eigenvalue weighted by atomic mass is 9.86. The summed E-state index contributed by atoms with van der Waals surface area (Å²) in [6.45, 7) is 4.15.